The molecule has 2 amide bonds. The predicted molar refractivity (Wildman–Crippen MR) is 109 cm³/mol. The number of anilines is 2. The number of carbonyl (C=O) groups is 1. The lowest BCUT2D eigenvalue weighted by Gasteiger charge is -2.33. The van der Waals surface area contributed by atoms with Crippen molar-refractivity contribution in [2.24, 2.45) is 5.92 Å². The summed E-state index contributed by atoms with van der Waals surface area (Å²) in [6.07, 6.45) is 2.57. The van der Waals surface area contributed by atoms with Crippen LogP contribution in [-0.2, 0) is 0 Å². The fraction of sp³-hybridized carbons (Fsp3) is 0.381. The maximum atomic E-state index is 12.2. The van der Waals surface area contributed by atoms with Crippen LogP contribution in [0.5, 0.6) is 0 Å². The number of rotatable bonds is 4. The first kappa shape index (κ1) is 18.6. The van der Waals surface area contributed by atoms with E-state index in [-0.39, 0.29) is 12.1 Å². The van der Waals surface area contributed by atoms with Crippen LogP contribution in [-0.4, -0.2) is 19.1 Å². The first-order valence-corrected chi connectivity index (χ1v) is 9.57. The number of nitrogens with zero attached hydrogens (tertiary/aromatic N) is 1. The number of benzene rings is 2. The van der Waals surface area contributed by atoms with E-state index >= 15 is 0 Å². The van der Waals surface area contributed by atoms with E-state index in [0.717, 1.165) is 24.6 Å². The van der Waals surface area contributed by atoms with Gasteiger partial charge in [-0.15, -0.1) is 0 Å². The molecule has 2 aromatic rings. The van der Waals surface area contributed by atoms with Crippen LogP contribution in [0.15, 0.2) is 48.5 Å². The standard InChI is InChI=1S/C21H26ClN3O/c1-15-5-4-12-25(14-15)20-10-8-17(9-11-20)16(2)23-21(26)24-19-7-3-6-18(22)13-19/h3,6-11,13,15-16H,4-5,12,14H2,1-2H3,(H2,23,24,26). The van der Waals surface area contributed by atoms with E-state index < -0.39 is 0 Å². The molecule has 2 aromatic carbocycles. The van der Waals surface area contributed by atoms with Gasteiger partial charge in [0.05, 0.1) is 6.04 Å². The molecule has 1 heterocycles. The smallest absolute Gasteiger partial charge is 0.319 e. The van der Waals surface area contributed by atoms with Crippen molar-refractivity contribution in [3.05, 3.63) is 59.1 Å². The van der Waals surface area contributed by atoms with Crippen molar-refractivity contribution in [1.82, 2.24) is 5.32 Å². The minimum atomic E-state index is -0.242. The van der Waals surface area contributed by atoms with Crippen LogP contribution in [0, 0.1) is 5.92 Å². The van der Waals surface area contributed by atoms with Gasteiger partial charge in [-0.1, -0.05) is 36.7 Å². The molecule has 0 aromatic heterocycles. The fourth-order valence-corrected chi connectivity index (χ4v) is 3.60. The van der Waals surface area contributed by atoms with Crippen molar-refractivity contribution in [3.8, 4) is 0 Å². The molecule has 1 fully saturated rings. The predicted octanol–water partition coefficient (Wildman–Crippen LogP) is 5.46. The summed E-state index contributed by atoms with van der Waals surface area (Å²) in [5.41, 5.74) is 3.02. The summed E-state index contributed by atoms with van der Waals surface area (Å²) in [7, 11) is 0. The molecule has 0 saturated carbocycles. The molecule has 1 saturated heterocycles. The summed E-state index contributed by atoms with van der Waals surface area (Å²) in [6.45, 7) is 6.54. The van der Waals surface area contributed by atoms with E-state index in [9.17, 15) is 4.79 Å². The van der Waals surface area contributed by atoms with E-state index in [1.807, 2.05) is 19.1 Å². The zero-order chi connectivity index (χ0) is 18.5. The van der Waals surface area contributed by atoms with Crippen LogP contribution in [0.4, 0.5) is 16.2 Å². The zero-order valence-electron chi connectivity index (χ0n) is 15.3. The molecule has 4 nitrogen and oxygen atoms in total. The second-order valence-electron chi connectivity index (χ2n) is 7.12. The van der Waals surface area contributed by atoms with Crippen LogP contribution < -0.4 is 15.5 Å². The van der Waals surface area contributed by atoms with E-state index in [2.05, 4.69) is 46.7 Å². The Labute approximate surface area is 160 Å². The Morgan fingerprint density at radius 3 is 2.69 bits per heavy atom. The Kier molecular flexibility index (Phi) is 6.04. The average molecular weight is 372 g/mol. The van der Waals surface area contributed by atoms with Crippen molar-refractivity contribution < 1.29 is 4.79 Å². The Morgan fingerprint density at radius 1 is 1.23 bits per heavy atom. The SMILES string of the molecule is CC1CCCN(c2ccc(C(C)NC(=O)Nc3cccc(Cl)c3)cc2)C1. The van der Waals surface area contributed by atoms with Crippen molar-refractivity contribution in [3.63, 3.8) is 0 Å². The normalized spacial score (nSPS) is 18.3. The molecule has 26 heavy (non-hydrogen) atoms. The Bertz CT molecular complexity index is 747. The van der Waals surface area contributed by atoms with Gasteiger partial charge < -0.3 is 15.5 Å². The number of piperidine rings is 1. The zero-order valence-corrected chi connectivity index (χ0v) is 16.1. The van der Waals surface area contributed by atoms with Gasteiger partial charge in [-0.3, -0.25) is 0 Å². The van der Waals surface area contributed by atoms with Gasteiger partial charge in [0.15, 0.2) is 0 Å². The van der Waals surface area contributed by atoms with Crippen LogP contribution in [0.3, 0.4) is 0 Å². The molecule has 1 aliphatic rings. The minimum Gasteiger partial charge on any atom is -0.371 e. The molecule has 2 atom stereocenters. The van der Waals surface area contributed by atoms with Crippen LogP contribution in [0.1, 0.15) is 38.3 Å². The monoisotopic (exact) mass is 371 g/mol. The number of urea groups is 1. The van der Waals surface area contributed by atoms with Crippen molar-refractivity contribution in [2.75, 3.05) is 23.3 Å². The quantitative estimate of drug-likeness (QED) is 0.749. The van der Waals surface area contributed by atoms with E-state index in [0.29, 0.717) is 10.7 Å². The number of hydrogen-bond donors (Lipinski definition) is 2. The number of amides is 2. The first-order valence-electron chi connectivity index (χ1n) is 9.19. The second kappa shape index (κ2) is 8.45. The summed E-state index contributed by atoms with van der Waals surface area (Å²) in [5, 5.41) is 6.37. The molecule has 1 aliphatic heterocycles. The molecule has 3 rings (SSSR count). The van der Waals surface area contributed by atoms with Gasteiger partial charge in [0.2, 0.25) is 0 Å². The van der Waals surface area contributed by atoms with Gasteiger partial charge in [0.25, 0.3) is 0 Å². The molecule has 0 radical (unpaired) electrons. The summed E-state index contributed by atoms with van der Waals surface area (Å²) in [4.78, 5) is 14.6. The topological polar surface area (TPSA) is 44.4 Å². The Morgan fingerprint density at radius 2 is 2.00 bits per heavy atom. The third kappa shape index (κ3) is 4.92. The number of halogens is 1. The fourth-order valence-electron chi connectivity index (χ4n) is 3.41. The molecule has 2 unspecified atom stereocenters. The molecule has 2 N–H and O–H groups in total. The van der Waals surface area contributed by atoms with Gasteiger partial charge in [-0.05, 0) is 61.6 Å². The van der Waals surface area contributed by atoms with Gasteiger partial charge in [0, 0.05) is 29.5 Å². The molecule has 5 heteroatoms. The first-order chi connectivity index (χ1) is 12.5. The van der Waals surface area contributed by atoms with Gasteiger partial charge in [-0.25, -0.2) is 4.79 Å². The summed E-state index contributed by atoms with van der Waals surface area (Å²) in [5.74, 6) is 0.749. The van der Waals surface area contributed by atoms with E-state index in [1.54, 1.807) is 12.1 Å². The molecular formula is C21H26ClN3O. The van der Waals surface area contributed by atoms with Crippen molar-refractivity contribution in [1.29, 1.82) is 0 Å². The average Bonchev–Trinajstić information content (AvgIpc) is 2.61. The highest BCUT2D eigenvalue weighted by Crippen LogP contribution is 2.24. The maximum absolute atomic E-state index is 12.2. The van der Waals surface area contributed by atoms with Crippen LogP contribution in [0.25, 0.3) is 0 Å². The van der Waals surface area contributed by atoms with Gasteiger partial charge in [-0.2, -0.15) is 0 Å². The van der Waals surface area contributed by atoms with E-state index in [4.69, 9.17) is 11.6 Å². The molecule has 138 valence electrons. The lowest BCUT2D eigenvalue weighted by Crippen LogP contribution is -2.34. The lowest BCUT2D eigenvalue weighted by molar-refractivity contribution is 0.249. The van der Waals surface area contributed by atoms with Crippen molar-refractivity contribution >= 4 is 29.0 Å². The van der Waals surface area contributed by atoms with E-state index in [1.165, 1.54) is 18.5 Å². The molecule has 0 bridgehead atoms. The Balaban J connectivity index is 1.57. The third-order valence-electron chi connectivity index (χ3n) is 4.85. The van der Waals surface area contributed by atoms with Crippen LogP contribution >= 0.6 is 11.6 Å². The summed E-state index contributed by atoms with van der Waals surface area (Å²) in [6, 6.07) is 15.3. The Hall–Kier alpha value is -2.20. The molecular weight excluding hydrogens is 346 g/mol. The number of nitrogens with one attached hydrogen (secondary N) is 2. The highest BCUT2D eigenvalue weighted by molar-refractivity contribution is 6.30. The third-order valence-corrected chi connectivity index (χ3v) is 5.08. The van der Waals surface area contributed by atoms with Crippen LogP contribution in [0.2, 0.25) is 5.02 Å². The van der Waals surface area contributed by atoms with Crippen molar-refractivity contribution in [2.45, 2.75) is 32.7 Å². The summed E-state index contributed by atoms with van der Waals surface area (Å²) < 4.78 is 0. The molecule has 0 aliphatic carbocycles. The van der Waals surface area contributed by atoms with Gasteiger partial charge in [0.1, 0.15) is 0 Å². The lowest BCUT2D eigenvalue weighted by atomic mass is 9.99. The highest BCUT2D eigenvalue weighted by atomic mass is 35.5. The van der Waals surface area contributed by atoms with Gasteiger partial charge >= 0.3 is 6.03 Å². The second-order valence-corrected chi connectivity index (χ2v) is 7.55. The largest absolute Gasteiger partial charge is 0.371 e. The summed E-state index contributed by atoms with van der Waals surface area (Å²) >= 11 is 5.94. The molecule has 0 spiro atoms. The number of hydrogen-bond acceptors (Lipinski definition) is 2. The maximum Gasteiger partial charge on any atom is 0.319 e. The highest BCUT2D eigenvalue weighted by Gasteiger charge is 2.17. The number of carbonyl (C=O) groups excluding carboxylic acids is 1. The minimum absolute atomic E-state index is 0.0801.